The Hall–Kier alpha value is -3.02. The van der Waals surface area contributed by atoms with Gasteiger partial charge in [-0.2, -0.15) is 0 Å². The highest BCUT2D eigenvalue weighted by molar-refractivity contribution is 6.00. The lowest BCUT2D eigenvalue weighted by molar-refractivity contribution is -0.120. The van der Waals surface area contributed by atoms with E-state index in [0.29, 0.717) is 36.0 Å². The van der Waals surface area contributed by atoms with Crippen LogP contribution in [0.1, 0.15) is 40.9 Å². The molecular formula is C21H23NO5. The number of rotatable bonds is 4. The van der Waals surface area contributed by atoms with Crippen molar-refractivity contribution in [2.24, 2.45) is 0 Å². The lowest BCUT2D eigenvalue weighted by Gasteiger charge is -2.27. The lowest BCUT2D eigenvalue weighted by Crippen LogP contribution is -2.35. The molecule has 0 aliphatic carbocycles. The minimum atomic E-state index is -1.02. The third-order valence-corrected chi connectivity index (χ3v) is 4.88. The number of carbonyl (C=O) groups is 2. The Labute approximate surface area is 158 Å². The standard InChI is InChI=1S/C21H23NO5/c1-12-9-13(2)16(11-15(12)19(23)24)22-20(25)21(3,4)14-5-6-17-18(10-14)27-8-7-26-17/h5-6,9-11H,7-8H2,1-4H3,(H,22,25)(H,23,24). The molecule has 1 heterocycles. The summed E-state index contributed by atoms with van der Waals surface area (Å²) in [6.45, 7) is 8.19. The highest BCUT2D eigenvalue weighted by Gasteiger charge is 2.31. The van der Waals surface area contributed by atoms with Crippen LogP contribution in [0, 0.1) is 13.8 Å². The summed E-state index contributed by atoms with van der Waals surface area (Å²) < 4.78 is 11.1. The van der Waals surface area contributed by atoms with E-state index in [0.717, 1.165) is 11.1 Å². The number of hydrogen-bond donors (Lipinski definition) is 2. The van der Waals surface area contributed by atoms with Crippen molar-refractivity contribution >= 4 is 17.6 Å². The van der Waals surface area contributed by atoms with Gasteiger partial charge < -0.3 is 19.9 Å². The summed E-state index contributed by atoms with van der Waals surface area (Å²) in [6, 6.07) is 8.73. The molecule has 0 aromatic heterocycles. The second kappa shape index (κ2) is 6.95. The molecule has 1 amide bonds. The average Bonchev–Trinajstić information content (AvgIpc) is 2.63. The quantitative estimate of drug-likeness (QED) is 0.859. The van der Waals surface area contributed by atoms with Crippen LogP contribution in [0.25, 0.3) is 0 Å². The molecule has 2 aromatic carbocycles. The van der Waals surface area contributed by atoms with Gasteiger partial charge in [-0.3, -0.25) is 4.79 Å². The first kappa shape index (κ1) is 18.8. The Kier molecular flexibility index (Phi) is 4.83. The van der Waals surface area contributed by atoms with Crippen LogP contribution in [0.4, 0.5) is 5.69 Å². The van der Waals surface area contributed by atoms with Crippen LogP contribution in [-0.4, -0.2) is 30.2 Å². The number of ether oxygens (including phenoxy) is 2. The van der Waals surface area contributed by atoms with Crippen molar-refractivity contribution in [2.75, 3.05) is 18.5 Å². The lowest BCUT2D eigenvalue weighted by atomic mass is 9.83. The molecule has 0 saturated heterocycles. The van der Waals surface area contributed by atoms with E-state index in [1.807, 2.05) is 32.9 Å². The molecule has 2 aromatic rings. The fourth-order valence-corrected chi connectivity index (χ4v) is 3.06. The molecule has 2 N–H and O–H groups in total. The molecule has 142 valence electrons. The molecule has 3 rings (SSSR count). The maximum Gasteiger partial charge on any atom is 0.336 e. The van der Waals surface area contributed by atoms with Crippen molar-refractivity contribution in [3.63, 3.8) is 0 Å². The summed E-state index contributed by atoms with van der Waals surface area (Å²) in [6.07, 6.45) is 0. The van der Waals surface area contributed by atoms with E-state index in [4.69, 9.17) is 9.47 Å². The number of aryl methyl sites for hydroxylation is 2. The van der Waals surface area contributed by atoms with Gasteiger partial charge in [-0.1, -0.05) is 12.1 Å². The number of fused-ring (bicyclic) bond motifs is 1. The van der Waals surface area contributed by atoms with Crippen molar-refractivity contribution in [1.29, 1.82) is 0 Å². The number of carboxylic acid groups (broad SMARTS) is 1. The molecule has 1 aliphatic heterocycles. The van der Waals surface area contributed by atoms with E-state index in [9.17, 15) is 14.7 Å². The van der Waals surface area contributed by atoms with Crippen molar-refractivity contribution in [3.8, 4) is 11.5 Å². The topological polar surface area (TPSA) is 84.9 Å². The Morgan fingerprint density at radius 1 is 1.00 bits per heavy atom. The smallest absolute Gasteiger partial charge is 0.336 e. The first-order valence-corrected chi connectivity index (χ1v) is 8.76. The van der Waals surface area contributed by atoms with Gasteiger partial charge in [0.1, 0.15) is 13.2 Å². The van der Waals surface area contributed by atoms with Crippen LogP contribution >= 0.6 is 0 Å². The van der Waals surface area contributed by atoms with Gasteiger partial charge >= 0.3 is 5.97 Å². The summed E-state index contributed by atoms with van der Waals surface area (Å²) in [5.41, 5.74) is 2.07. The Morgan fingerprint density at radius 3 is 2.33 bits per heavy atom. The average molecular weight is 369 g/mol. The number of anilines is 1. The zero-order valence-electron chi connectivity index (χ0n) is 15.9. The molecule has 0 bridgehead atoms. The van der Waals surface area contributed by atoms with Gasteiger partial charge in [-0.05, 0) is 62.6 Å². The van der Waals surface area contributed by atoms with E-state index in [1.165, 1.54) is 6.07 Å². The molecule has 0 unspecified atom stereocenters. The Morgan fingerprint density at radius 2 is 1.67 bits per heavy atom. The number of hydrogen-bond acceptors (Lipinski definition) is 4. The van der Waals surface area contributed by atoms with E-state index in [1.54, 1.807) is 19.1 Å². The van der Waals surface area contributed by atoms with Gasteiger partial charge in [0, 0.05) is 5.69 Å². The fourth-order valence-electron chi connectivity index (χ4n) is 3.06. The minimum Gasteiger partial charge on any atom is -0.486 e. The van der Waals surface area contributed by atoms with Gasteiger partial charge in [0.15, 0.2) is 11.5 Å². The molecule has 6 nitrogen and oxygen atoms in total. The van der Waals surface area contributed by atoms with Crippen LogP contribution in [-0.2, 0) is 10.2 Å². The van der Waals surface area contributed by atoms with Gasteiger partial charge in [-0.15, -0.1) is 0 Å². The van der Waals surface area contributed by atoms with Gasteiger partial charge in [0.05, 0.1) is 11.0 Å². The van der Waals surface area contributed by atoms with E-state index >= 15 is 0 Å². The first-order valence-electron chi connectivity index (χ1n) is 8.76. The van der Waals surface area contributed by atoms with Gasteiger partial charge in [0.2, 0.25) is 5.91 Å². The van der Waals surface area contributed by atoms with Crippen LogP contribution in [0.2, 0.25) is 0 Å². The zero-order valence-corrected chi connectivity index (χ0v) is 15.9. The number of nitrogens with one attached hydrogen (secondary N) is 1. The molecule has 1 aliphatic rings. The fraction of sp³-hybridized carbons (Fsp3) is 0.333. The van der Waals surface area contributed by atoms with Crippen molar-refractivity contribution < 1.29 is 24.2 Å². The van der Waals surface area contributed by atoms with Crippen molar-refractivity contribution in [3.05, 3.63) is 52.6 Å². The highest BCUT2D eigenvalue weighted by Crippen LogP contribution is 2.36. The second-order valence-corrected chi connectivity index (χ2v) is 7.22. The third kappa shape index (κ3) is 3.60. The Bertz CT molecular complexity index is 917. The summed E-state index contributed by atoms with van der Waals surface area (Å²) in [5, 5.41) is 12.2. The van der Waals surface area contributed by atoms with Crippen LogP contribution in [0.5, 0.6) is 11.5 Å². The van der Waals surface area contributed by atoms with Crippen LogP contribution < -0.4 is 14.8 Å². The molecular weight excluding hydrogens is 346 g/mol. The predicted octanol–water partition coefficient (Wildman–Crippen LogP) is 3.69. The Balaban J connectivity index is 1.89. The summed E-state index contributed by atoms with van der Waals surface area (Å²) in [4.78, 5) is 24.4. The predicted molar refractivity (Wildman–Crippen MR) is 102 cm³/mol. The van der Waals surface area contributed by atoms with Crippen molar-refractivity contribution in [1.82, 2.24) is 0 Å². The largest absolute Gasteiger partial charge is 0.486 e. The summed E-state index contributed by atoms with van der Waals surface area (Å²) >= 11 is 0. The van der Waals surface area contributed by atoms with E-state index < -0.39 is 11.4 Å². The minimum absolute atomic E-state index is 0.174. The molecule has 27 heavy (non-hydrogen) atoms. The molecule has 6 heteroatoms. The number of benzene rings is 2. The maximum atomic E-state index is 13.0. The zero-order chi connectivity index (χ0) is 19.8. The molecule has 0 saturated carbocycles. The second-order valence-electron chi connectivity index (χ2n) is 7.22. The SMILES string of the molecule is Cc1cc(C)c(C(=O)O)cc1NC(=O)C(C)(C)c1ccc2c(c1)OCCO2. The van der Waals surface area contributed by atoms with Crippen LogP contribution in [0.3, 0.4) is 0 Å². The molecule has 0 fully saturated rings. The highest BCUT2D eigenvalue weighted by atomic mass is 16.6. The van der Waals surface area contributed by atoms with E-state index in [-0.39, 0.29) is 11.5 Å². The van der Waals surface area contributed by atoms with Gasteiger partial charge in [0.25, 0.3) is 0 Å². The third-order valence-electron chi connectivity index (χ3n) is 4.88. The monoisotopic (exact) mass is 369 g/mol. The maximum absolute atomic E-state index is 13.0. The number of carboxylic acids is 1. The molecule has 0 spiro atoms. The molecule has 0 atom stereocenters. The number of amides is 1. The first-order chi connectivity index (χ1) is 12.7. The van der Waals surface area contributed by atoms with Gasteiger partial charge in [-0.25, -0.2) is 4.79 Å². The number of carbonyl (C=O) groups excluding carboxylic acids is 1. The number of aromatic carboxylic acids is 1. The normalized spacial score (nSPS) is 13.2. The van der Waals surface area contributed by atoms with Crippen LogP contribution in [0.15, 0.2) is 30.3 Å². The summed E-state index contributed by atoms with van der Waals surface area (Å²) in [5.74, 6) is 0.0394. The summed E-state index contributed by atoms with van der Waals surface area (Å²) in [7, 11) is 0. The molecule has 0 radical (unpaired) electrons. The van der Waals surface area contributed by atoms with Crippen molar-refractivity contribution in [2.45, 2.75) is 33.1 Å². The van der Waals surface area contributed by atoms with E-state index in [2.05, 4.69) is 5.32 Å².